The lowest BCUT2D eigenvalue weighted by Gasteiger charge is -2.09. The minimum atomic E-state index is -0.0527. The van der Waals surface area contributed by atoms with Gasteiger partial charge in [0.25, 0.3) is 0 Å². The molecule has 25 heavy (non-hydrogen) atoms. The highest BCUT2D eigenvalue weighted by Gasteiger charge is 2.11. The van der Waals surface area contributed by atoms with Gasteiger partial charge in [-0.05, 0) is 22.6 Å². The first-order valence-corrected chi connectivity index (χ1v) is 8.83. The number of carbonyl (C=O) groups excluding carboxylic acids is 1. The van der Waals surface area contributed by atoms with E-state index in [1.54, 1.807) is 18.4 Å². The van der Waals surface area contributed by atoms with Crippen LogP contribution in [0.5, 0.6) is 0 Å². The van der Waals surface area contributed by atoms with Crippen molar-refractivity contribution >= 4 is 17.2 Å². The predicted octanol–water partition coefficient (Wildman–Crippen LogP) is 3.19. The molecule has 0 radical (unpaired) electrons. The number of nitrogens with one attached hydrogen (secondary N) is 1. The molecule has 0 saturated heterocycles. The summed E-state index contributed by atoms with van der Waals surface area (Å²) in [5, 5.41) is 8.82. The van der Waals surface area contributed by atoms with Gasteiger partial charge >= 0.3 is 0 Å². The number of hydrogen-bond donors (Lipinski definition) is 1. The molecule has 2 aromatic heterocycles. The second kappa shape index (κ2) is 8.55. The van der Waals surface area contributed by atoms with E-state index in [2.05, 4.69) is 15.5 Å². The molecule has 0 atom stereocenters. The lowest BCUT2D eigenvalue weighted by Crippen LogP contribution is -2.23. The molecular weight excluding hydrogens is 338 g/mol. The summed E-state index contributed by atoms with van der Waals surface area (Å²) in [6.07, 6.45) is 0.725. The molecule has 3 aromatic rings. The fourth-order valence-corrected chi connectivity index (χ4v) is 3.04. The Morgan fingerprint density at radius 3 is 2.84 bits per heavy atom. The van der Waals surface area contributed by atoms with Crippen molar-refractivity contribution in [3.8, 4) is 10.7 Å². The lowest BCUT2D eigenvalue weighted by molar-refractivity contribution is -0.121. The maximum Gasteiger partial charge on any atom is 0.227 e. The van der Waals surface area contributed by atoms with Gasteiger partial charge in [-0.2, -0.15) is 4.98 Å². The van der Waals surface area contributed by atoms with Gasteiger partial charge in [0, 0.05) is 26.5 Å². The third-order valence-electron chi connectivity index (χ3n) is 3.67. The second-order valence-corrected chi connectivity index (χ2v) is 6.42. The van der Waals surface area contributed by atoms with Crippen LogP contribution in [0, 0.1) is 0 Å². The van der Waals surface area contributed by atoms with Crippen molar-refractivity contribution < 1.29 is 14.1 Å². The quantitative estimate of drug-likeness (QED) is 0.670. The van der Waals surface area contributed by atoms with Crippen molar-refractivity contribution in [1.82, 2.24) is 15.5 Å². The summed E-state index contributed by atoms with van der Waals surface area (Å²) >= 11 is 1.55. The summed E-state index contributed by atoms with van der Waals surface area (Å²) in [6.45, 7) is 1.00. The van der Waals surface area contributed by atoms with Crippen molar-refractivity contribution in [3.05, 3.63) is 58.8 Å². The largest absolute Gasteiger partial charge is 0.380 e. The van der Waals surface area contributed by atoms with Gasteiger partial charge in [0.1, 0.15) is 0 Å². The van der Waals surface area contributed by atoms with E-state index in [0.29, 0.717) is 37.7 Å². The van der Waals surface area contributed by atoms with Gasteiger partial charge < -0.3 is 14.6 Å². The molecule has 2 heterocycles. The van der Waals surface area contributed by atoms with Crippen LogP contribution in [0.25, 0.3) is 10.7 Å². The Morgan fingerprint density at radius 2 is 2.08 bits per heavy atom. The molecule has 0 aliphatic heterocycles. The Labute approximate surface area is 149 Å². The molecule has 0 aliphatic carbocycles. The third-order valence-corrected chi connectivity index (χ3v) is 4.54. The number of carbonyl (C=O) groups is 1. The van der Waals surface area contributed by atoms with E-state index in [1.807, 2.05) is 41.8 Å². The molecule has 0 fully saturated rings. The number of thiophene rings is 1. The molecule has 130 valence electrons. The van der Waals surface area contributed by atoms with Gasteiger partial charge in [-0.1, -0.05) is 35.5 Å². The summed E-state index contributed by atoms with van der Waals surface area (Å²) in [5.41, 5.74) is 2.12. The number of hydrogen-bond acceptors (Lipinski definition) is 6. The molecule has 0 aliphatic rings. The SMILES string of the molecule is COCc1ccccc1CNC(=O)CCc1nc(-c2cccs2)no1. The fourth-order valence-electron chi connectivity index (χ4n) is 2.39. The second-order valence-electron chi connectivity index (χ2n) is 5.47. The predicted molar refractivity (Wildman–Crippen MR) is 94.9 cm³/mol. The molecule has 1 N–H and O–H groups in total. The normalized spacial score (nSPS) is 10.8. The van der Waals surface area contributed by atoms with Crippen molar-refractivity contribution in [3.63, 3.8) is 0 Å². The van der Waals surface area contributed by atoms with Crippen LogP contribution in [-0.4, -0.2) is 23.2 Å². The first-order valence-electron chi connectivity index (χ1n) is 7.95. The van der Waals surface area contributed by atoms with Gasteiger partial charge in [0.2, 0.25) is 17.6 Å². The van der Waals surface area contributed by atoms with Crippen molar-refractivity contribution in [1.29, 1.82) is 0 Å². The van der Waals surface area contributed by atoms with Crippen LogP contribution in [0.3, 0.4) is 0 Å². The molecule has 7 heteroatoms. The Bertz CT molecular complexity index is 815. The van der Waals surface area contributed by atoms with E-state index in [9.17, 15) is 4.79 Å². The molecule has 6 nitrogen and oxygen atoms in total. The zero-order valence-electron chi connectivity index (χ0n) is 13.9. The maximum atomic E-state index is 12.1. The van der Waals surface area contributed by atoms with Crippen LogP contribution in [0.2, 0.25) is 0 Å². The lowest BCUT2D eigenvalue weighted by atomic mass is 10.1. The average molecular weight is 357 g/mol. The summed E-state index contributed by atoms with van der Waals surface area (Å²) in [5.74, 6) is 0.986. The number of aryl methyl sites for hydroxylation is 1. The number of aromatic nitrogens is 2. The van der Waals surface area contributed by atoms with Crippen LogP contribution >= 0.6 is 11.3 Å². The van der Waals surface area contributed by atoms with Crippen LogP contribution in [0.1, 0.15) is 23.4 Å². The highest BCUT2D eigenvalue weighted by Crippen LogP contribution is 2.21. The van der Waals surface area contributed by atoms with Crippen molar-refractivity contribution in [2.24, 2.45) is 0 Å². The van der Waals surface area contributed by atoms with E-state index in [4.69, 9.17) is 9.26 Å². The summed E-state index contributed by atoms with van der Waals surface area (Å²) in [6, 6.07) is 11.8. The highest BCUT2D eigenvalue weighted by molar-refractivity contribution is 7.13. The Hall–Kier alpha value is -2.51. The van der Waals surface area contributed by atoms with E-state index >= 15 is 0 Å². The number of nitrogens with zero attached hydrogens (tertiary/aromatic N) is 2. The summed E-state index contributed by atoms with van der Waals surface area (Å²) in [4.78, 5) is 17.3. The number of amides is 1. The van der Waals surface area contributed by atoms with Crippen LogP contribution in [-0.2, 0) is 29.1 Å². The van der Waals surface area contributed by atoms with E-state index in [1.165, 1.54) is 0 Å². The van der Waals surface area contributed by atoms with Crippen LogP contribution in [0.15, 0.2) is 46.3 Å². The van der Waals surface area contributed by atoms with Crippen molar-refractivity contribution in [2.75, 3.05) is 7.11 Å². The standard InChI is InChI=1S/C18H19N3O3S/c1-23-12-14-6-3-2-5-13(14)11-19-16(22)8-9-17-20-18(21-24-17)15-7-4-10-25-15/h2-7,10H,8-9,11-12H2,1H3,(H,19,22). The topological polar surface area (TPSA) is 77.2 Å². The van der Waals surface area contributed by atoms with Gasteiger partial charge in [0.15, 0.2) is 0 Å². The molecule has 0 bridgehead atoms. The minimum absolute atomic E-state index is 0.0527. The van der Waals surface area contributed by atoms with Crippen LogP contribution < -0.4 is 5.32 Å². The van der Waals surface area contributed by atoms with E-state index in [-0.39, 0.29) is 5.91 Å². The fraction of sp³-hybridized carbons (Fsp3) is 0.278. The number of ether oxygens (including phenoxy) is 1. The minimum Gasteiger partial charge on any atom is -0.380 e. The molecule has 0 spiro atoms. The van der Waals surface area contributed by atoms with Gasteiger partial charge in [0.05, 0.1) is 11.5 Å². The molecule has 1 aromatic carbocycles. The summed E-state index contributed by atoms with van der Waals surface area (Å²) in [7, 11) is 1.66. The number of benzene rings is 1. The first kappa shape index (κ1) is 17.3. The van der Waals surface area contributed by atoms with Crippen LogP contribution in [0.4, 0.5) is 0 Å². The number of methoxy groups -OCH3 is 1. The Kier molecular flexibility index (Phi) is 5.92. The zero-order valence-corrected chi connectivity index (χ0v) is 14.7. The smallest absolute Gasteiger partial charge is 0.227 e. The average Bonchev–Trinajstić information content (AvgIpc) is 3.31. The zero-order chi connectivity index (χ0) is 17.5. The molecular formula is C18H19N3O3S. The first-order chi connectivity index (χ1) is 12.3. The van der Waals surface area contributed by atoms with Crippen molar-refractivity contribution in [2.45, 2.75) is 26.0 Å². The van der Waals surface area contributed by atoms with Gasteiger partial charge in [-0.3, -0.25) is 4.79 Å². The number of rotatable bonds is 8. The molecule has 3 rings (SSSR count). The molecule has 0 saturated carbocycles. The van der Waals surface area contributed by atoms with E-state index < -0.39 is 0 Å². The highest BCUT2D eigenvalue weighted by atomic mass is 32.1. The maximum absolute atomic E-state index is 12.1. The Morgan fingerprint density at radius 1 is 1.24 bits per heavy atom. The molecule has 0 unspecified atom stereocenters. The molecule has 1 amide bonds. The summed E-state index contributed by atoms with van der Waals surface area (Å²) < 4.78 is 10.4. The monoisotopic (exact) mass is 357 g/mol. The Balaban J connectivity index is 1.49. The third kappa shape index (κ3) is 4.74. The van der Waals surface area contributed by atoms with E-state index in [0.717, 1.165) is 16.0 Å². The van der Waals surface area contributed by atoms with Gasteiger partial charge in [-0.25, -0.2) is 0 Å². The van der Waals surface area contributed by atoms with Gasteiger partial charge in [-0.15, -0.1) is 11.3 Å².